The molecule has 5 rings (SSSR count). The lowest BCUT2D eigenvalue weighted by Gasteiger charge is -2.41. The lowest BCUT2D eigenvalue weighted by atomic mass is 9.75. The quantitative estimate of drug-likeness (QED) is 0.667. The number of aryl methyl sites for hydroxylation is 1. The fourth-order valence-corrected chi connectivity index (χ4v) is 5.17. The summed E-state index contributed by atoms with van der Waals surface area (Å²) in [5, 5.41) is 7.28. The Morgan fingerprint density at radius 2 is 1.91 bits per heavy atom. The van der Waals surface area contributed by atoms with Crippen LogP contribution in [0.1, 0.15) is 70.7 Å². The molecule has 1 aromatic heterocycles. The van der Waals surface area contributed by atoms with Gasteiger partial charge in [-0.2, -0.15) is 0 Å². The summed E-state index contributed by atoms with van der Waals surface area (Å²) in [4.78, 5) is 28.0. The van der Waals surface area contributed by atoms with E-state index in [0.717, 1.165) is 62.7 Å². The molecule has 0 atom stereocenters. The molecule has 1 spiro atoms. The number of para-hydroxylation sites is 1. The zero-order chi connectivity index (χ0) is 22.7. The lowest BCUT2D eigenvalue weighted by Crippen LogP contribution is -2.48. The van der Waals surface area contributed by atoms with Crippen LogP contribution in [0.25, 0.3) is 0 Å². The summed E-state index contributed by atoms with van der Waals surface area (Å²) in [7, 11) is 0. The van der Waals surface area contributed by atoms with E-state index in [1.54, 1.807) is 6.07 Å². The summed E-state index contributed by atoms with van der Waals surface area (Å²) in [6.07, 6.45) is 11.6. The van der Waals surface area contributed by atoms with Crippen LogP contribution in [0.5, 0.6) is 5.75 Å². The molecule has 1 aliphatic carbocycles. The molecule has 1 aromatic carbocycles. The summed E-state index contributed by atoms with van der Waals surface area (Å²) in [5.74, 6) is 1.38. The third kappa shape index (κ3) is 4.54. The molecule has 0 saturated carbocycles. The zero-order valence-corrected chi connectivity index (χ0v) is 19.0. The normalized spacial score (nSPS) is 21.6. The third-order valence-corrected chi connectivity index (χ3v) is 7.28. The molecule has 0 unspecified atom stereocenters. The second-order valence-corrected chi connectivity index (χ2v) is 9.42. The number of benzene rings is 1. The van der Waals surface area contributed by atoms with E-state index < -0.39 is 0 Å². The van der Waals surface area contributed by atoms with E-state index in [1.807, 2.05) is 23.1 Å². The Morgan fingerprint density at radius 3 is 2.79 bits per heavy atom. The Balaban J connectivity index is 1.28. The molecule has 0 radical (unpaired) electrons. The van der Waals surface area contributed by atoms with Crippen LogP contribution in [-0.2, 0) is 12.8 Å². The molecule has 0 bridgehead atoms. The number of nitrogens with one attached hydrogen (secondary N) is 1. The van der Waals surface area contributed by atoms with E-state index in [4.69, 9.17) is 9.26 Å². The average molecular weight is 450 g/mol. The fourth-order valence-electron chi connectivity index (χ4n) is 5.17. The summed E-state index contributed by atoms with van der Waals surface area (Å²) >= 11 is 0. The first-order chi connectivity index (χ1) is 16.2. The van der Waals surface area contributed by atoms with Gasteiger partial charge in [-0.3, -0.25) is 9.59 Å². The Morgan fingerprint density at radius 1 is 1.09 bits per heavy atom. The van der Waals surface area contributed by atoms with Crippen molar-refractivity contribution in [3.8, 4) is 5.75 Å². The van der Waals surface area contributed by atoms with Gasteiger partial charge in [0.05, 0.1) is 12.2 Å². The second-order valence-electron chi connectivity index (χ2n) is 9.42. The van der Waals surface area contributed by atoms with Crippen LogP contribution in [0.2, 0.25) is 0 Å². The van der Waals surface area contributed by atoms with Gasteiger partial charge in [-0.05, 0) is 62.5 Å². The topological polar surface area (TPSA) is 84.7 Å². The fraction of sp³-hybridized carbons (Fsp3) is 0.500. The van der Waals surface area contributed by atoms with Crippen molar-refractivity contribution in [3.05, 3.63) is 59.0 Å². The molecule has 1 N–H and O–H groups in total. The van der Waals surface area contributed by atoms with Crippen molar-refractivity contribution in [3.63, 3.8) is 0 Å². The molecular formula is C26H31N3O4. The first-order valence-corrected chi connectivity index (χ1v) is 12.1. The van der Waals surface area contributed by atoms with Crippen molar-refractivity contribution in [1.29, 1.82) is 0 Å². The van der Waals surface area contributed by atoms with Gasteiger partial charge in [0.2, 0.25) is 0 Å². The van der Waals surface area contributed by atoms with E-state index >= 15 is 0 Å². The number of aromatic nitrogens is 1. The molecule has 7 heteroatoms. The van der Waals surface area contributed by atoms with Crippen LogP contribution < -0.4 is 10.1 Å². The molecule has 2 amide bonds. The van der Waals surface area contributed by atoms with Crippen LogP contribution in [0.15, 0.2) is 40.9 Å². The van der Waals surface area contributed by atoms with Gasteiger partial charge in [0.25, 0.3) is 11.8 Å². The number of fused-ring (bicyclic) bond motifs is 2. The second kappa shape index (κ2) is 9.41. The van der Waals surface area contributed by atoms with E-state index in [1.165, 1.54) is 0 Å². The maximum absolute atomic E-state index is 13.2. The molecular weight excluding hydrogens is 418 g/mol. The van der Waals surface area contributed by atoms with Crippen LogP contribution in [0.3, 0.4) is 0 Å². The highest BCUT2D eigenvalue weighted by Crippen LogP contribution is 2.36. The minimum Gasteiger partial charge on any atom is -0.492 e. The van der Waals surface area contributed by atoms with Gasteiger partial charge < -0.3 is 19.5 Å². The molecule has 3 heterocycles. The number of allylic oxidation sites excluding steroid dienone is 1. The van der Waals surface area contributed by atoms with Crippen molar-refractivity contribution in [2.45, 2.75) is 51.4 Å². The molecule has 1 fully saturated rings. The van der Waals surface area contributed by atoms with Gasteiger partial charge in [-0.15, -0.1) is 0 Å². The van der Waals surface area contributed by atoms with E-state index in [2.05, 4.69) is 22.6 Å². The largest absolute Gasteiger partial charge is 0.492 e. The Kier molecular flexibility index (Phi) is 6.20. The maximum Gasteiger partial charge on any atom is 0.276 e. The monoisotopic (exact) mass is 449 g/mol. The Bertz CT molecular complexity index is 1050. The van der Waals surface area contributed by atoms with Crippen LogP contribution in [-0.4, -0.2) is 48.1 Å². The third-order valence-electron chi connectivity index (χ3n) is 7.28. The van der Waals surface area contributed by atoms with Crippen molar-refractivity contribution >= 4 is 11.8 Å². The number of piperidine rings is 1. The first-order valence-electron chi connectivity index (χ1n) is 12.1. The average Bonchev–Trinajstić information content (AvgIpc) is 3.29. The predicted octanol–water partition coefficient (Wildman–Crippen LogP) is 3.93. The number of likely N-dealkylation sites (tertiary alicyclic amines) is 1. The summed E-state index contributed by atoms with van der Waals surface area (Å²) < 4.78 is 11.3. The number of hydrogen-bond acceptors (Lipinski definition) is 5. The highest BCUT2D eigenvalue weighted by atomic mass is 16.5. The molecule has 2 aromatic rings. The van der Waals surface area contributed by atoms with Crippen molar-refractivity contribution in [1.82, 2.24) is 15.4 Å². The zero-order valence-electron chi connectivity index (χ0n) is 19.0. The molecule has 3 aliphatic rings. The van der Waals surface area contributed by atoms with Crippen molar-refractivity contribution in [2.24, 2.45) is 5.41 Å². The molecule has 1 saturated heterocycles. The van der Waals surface area contributed by atoms with Gasteiger partial charge >= 0.3 is 0 Å². The standard InChI is InChI=1S/C26H31N3O4/c30-24-20-9-3-4-10-21(20)32-17-7-1-6-12-26(18-27-24)13-15-29(16-14-26)25(31)23-19-8-2-5-11-22(19)33-28-23/h1,3-4,6,9-10H,2,5,7-8,11-18H2,(H,27,30)/b6-1+. The summed E-state index contributed by atoms with van der Waals surface area (Å²) in [6, 6.07) is 7.38. The molecule has 2 aliphatic heterocycles. The summed E-state index contributed by atoms with van der Waals surface area (Å²) in [6.45, 7) is 2.43. The maximum atomic E-state index is 13.2. The SMILES string of the molecule is O=C1NCC2(C/C=C/CCOc3ccccc31)CCN(C(=O)c1noc3c1CCCC3)CC2. The minimum atomic E-state index is -0.109. The smallest absolute Gasteiger partial charge is 0.276 e. The van der Waals surface area contributed by atoms with Gasteiger partial charge in [-0.1, -0.05) is 29.4 Å². The number of ether oxygens (including phenoxy) is 1. The molecule has 174 valence electrons. The molecule has 7 nitrogen and oxygen atoms in total. The Labute approximate surface area is 194 Å². The van der Waals surface area contributed by atoms with Gasteiger partial charge in [0.1, 0.15) is 11.5 Å². The lowest BCUT2D eigenvalue weighted by molar-refractivity contribution is 0.0556. The Hall–Kier alpha value is -3.09. The number of nitrogens with zero attached hydrogens (tertiary/aromatic N) is 2. The number of rotatable bonds is 1. The van der Waals surface area contributed by atoms with Crippen LogP contribution in [0.4, 0.5) is 0 Å². The van der Waals surface area contributed by atoms with Crippen LogP contribution in [0, 0.1) is 5.41 Å². The van der Waals surface area contributed by atoms with Crippen molar-refractivity contribution in [2.75, 3.05) is 26.2 Å². The molecule has 33 heavy (non-hydrogen) atoms. The van der Waals surface area contributed by atoms with Crippen molar-refractivity contribution < 1.29 is 18.8 Å². The van der Waals surface area contributed by atoms with E-state index in [-0.39, 0.29) is 17.2 Å². The predicted molar refractivity (Wildman–Crippen MR) is 123 cm³/mol. The first kappa shape index (κ1) is 21.7. The number of amides is 2. The van der Waals surface area contributed by atoms with Gasteiger partial charge in [0, 0.05) is 31.6 Å². The number of hydrogen-bond donors (Lipinski definition) is 1. The minimum absolute atomic E-state index is 0.0180. The van der Waals surface area contributed by atoms with E-state index in [0.29, 0.717) is 43.2 Å². The number of carbonyl (C=O) groups is 2. The van der Waals surface area contributed by atoms with Crippen LogP contribution >= 0.6 is 0 Å². The van der Waals surface area contributed by atoms with E-state index in [9.17, 15) is 9.59 Å². The highest BCUT2D eigenvalue weighted by Gasteiger charge is 2.37. The number of carbonyl (C=O) groups excluding carboxylic acids is 2. The highest BCUT2D eigenvalue weighted by molar-refractivity contribution is 5.97. The van der Waals surface area contributed by atoms with Gasteiger partial charge in [0.15, 0.2) is 5.69 Å². The summed E-state index contributed by atoms with van der Waals surface area (Å²) in [5.41, 5.74) is 2.01. The van der Waals surface area contributed by atoms with Gasteiger partial charge in [-0.25, -0.2) is 0 Å².